The van der Waals surface area contributed by atoms with Crippen LogP contribution >= 0.6 is 0 Å². The Balaban J connectivity index is 3.63. The van der Waals surface area contributed by atoms with Crippen LogP contribution in [0.5, 0.6) is 0 Å². The molecule has 0 aromatic heterocycles. The standard InChI is InChI=1S/C11H21NO5/c1-2-3-4-5-8-17-12-9(11(15)16)6-7-10(13)14/h9,12H,2-8H2,1H3,(H,13,14)(H,15,16). The fraction of sp³-hybridized carbons (Fsp3) is 0.818. The first-order valence-electron chi connectivity index (χ1n) is 5.89. The van der Waals surface area contributed by atoms with E-state index >= 15 is 0 Å². The molecular formula is C11H21NO5. The van der Waals surface area contributed by atoms with Gasteiger partial charge in [-0.2, -0.15) is 5.48 Å². The average Bonchev–Trinajstić information content (AvgIpc) is 2.26. The van der Waals surface area contributed by atoms with E-state index in [0.717, 1.165) is 25.7 Å². The lowest BCUT2D eigenvalue weighted by molar-refractivity contribution is -0.145. The Bertz CT molecular complexity index is 232. The Morgan fingerprint density at radius 1 is 1.24 bits per heavy atom. The quantitative estimate of drug-likeness (QED) is 0.377. The van der Waals surface area contributed by atoms with Crippen molar-refractivity contribution in [2.45, 2.75) is 51.5 Å². The van der Waals surface area contributed by atoms with Crippen molar-refractivity contribution in [3.8, 4) is 0 Å². The number of hydroxylamine groups is 1. The minimum Gasteiger partial charge on any atom is -0.481 e. The Hall–Kier alpha value is -1.14. The first-order chi connectivity index (χ1) is 8.07. The van der Waals surface area contributed by atoms with Gasteiger partial charge < -0.3 is 15.1 Å². The molecule has 3 N–H and O–H groups in total. The van der Waals surface area contributed by atoms with Crippen LogP contribution in [0.15, 0.2) is 0 Å². The Morgan fingerprint density at radius 3 is 2.47 bits per heavy atom. The van der Waals surface area contributed by atoms with Crippen LogP contribution in [-0.2, 0) is 14.4 Å². The highest BCUT2D eigenvalue weighted by molar-refractivity contribution is 5.74. The molecule has 1 unspecified atom stereocenters. The molecule has 0 saturated carbocycles. The lowest BCUT2D eigenvalue weighted by atomic mass is 10.2. The third-order valence-electron chi connectivity index (χ3n) is 2.27. The molecule has 100 valence electrons. The molecule has 0 fully saturated rings. The number of unbranched alkanes of at least 4 members (excludes halogenated alkanes) is 3. The van der Waals surface area contributed by atoms with Gasteiger partial charge in [-0.3, -0.25) is 9.59 Å². The van der Waals surface area contributed by atoms with Gasteiger partial charge in [-0.25, -0.2) is 0 Å². The van der Waals surface area contributed by atoms with Crippen molar-refractivity contribution in [3.05, 3.63) is 0 Å². The van der Waals surface area contributed by atoms with Gasteiger partial charge in [-0.15, -0.1) is 0 Å². The molecule has 0 spiro atoms. The molecule has 0 aromatic carbocycles. The molecule has 0 amide bonds. The largest absolute Gasteiger partial charge is 0.481 e. The summed E-state index contributed by atoms with van der Waals surface area (Å²) in [7, 11) is 0. The Morgan fingerprint density at radius 2 is 1.94 bits per heavy atom. The minimum absolute atomic E-state index is 0.0135. The van der Waals surface area contributed by atoms with Crippen LogP contribution < -0.4 is 5.48 Å². The van der Waals surface area contributed by atoms with Gasteiger partial charge in [0.1, 0.15) is 6.04 Å². The highest BCUT2D eigenvalue weighted by atomic mass is 16.6. The van der Waals surface area contributed by atoms with Gasteiger partial charge in [0.15, 0.2) is 0 Å². The topological polar surface area (TPSA) is 95.9 Å². The number of hydrogen-bond acceptors (Lipinski definition) is 4. The lowest BCUT2D eigenvalue weighted by Crippen LogP contribution is -2.37. The van der Waals surface area contributed by atoms with E-state index in [1.54, 1.807) is 0 Å². The van der Waals surface area contributed by atoms with Crippen molar-refractivity contribution in [1.29, 1.82) is 0 Å². The third-order valence-corrected chi connectivity index (χ3v) is 2.27. The summed E-state index contributed by atoms with van der Waals surface area (Å²) in [4.78, 5) is 26.1. The predicted octanol–water partition coefficient (Wildman–Crippen LogP) is 1.41. The minimum atomic E-state index is -1.10. The first kappa shape index (κ1) is 15.9. The average molecular weight is 247 g/mol. The van der Waals surface area contributed by atoms with Crippen molar-refractivity contribution in [2.75, 3.05) is 6.61 Å². The normalized spacial score (nSPS) is 12.3. The van der Waals surface area contributed by atoms with Crippen LogP contribution in [0.3, 0.4) is 0 Å². The summed E-state index contributed by atoms with van der Waals surface area (Å²) in [5.41, 5.74) is 2.39. The zero-order valence-corrected chi connectivity index (χ0v) is 10.1. The fourth-order valence-corrected chi connectivity index (χ4v) is 1.26. The van der Waals surface area contributed by atoms with Gasteiger partial charge >= 0.3 is 11.9 Å². The molecule has 17 heavy (non-hydrogen) atoms. The van der Waals surface area contributed by atoms with Crippen LogP contribution in [0.1, 0.15) is 45.4 Å². The van der Waals surface area contributed by atoms with Crippen molar-refractivity contribution in [2.24, 2.45) is 0 Å². The molecule has 0 rings (SSSR count). The van der Waals surface area contributed by atoms with E-state index < -0.39 is 18.0 Å². The number of aliphatic carboxylic acids is 2. The van der Waals surface area contributed by atoms with E-state index in [-0.39, 0.29) is 12.8 Å². The summed E-state index contributed by atoms with van der Waals surface area (Å²) in [6.07, 6.45) is 3.99. The van der Waals surface area contributed by atoms with Crippen LogP contribution in [0.4, 0.5) is 0 Å². The summed E-state index contributed by atoms with van der Waals surface area (Å²) >= 11 is 0. The first-order valence-corrected chi connectivity index (χ1v) is 5.89. The summed E-state index contributed by atoms with van der Waals surface area (Å²) in [6, 6.07) is -0.961. The van der Waals surface area contributed by atoms with Gasteiger partial charge in [0, 0.05) is 6.42 Å². The summed E-state index contributed by atoms with van der Waals surface area (Å²) in [6.45, 7) is 2.54. The lowest BCUT2D eigenvalue weighted by Gasteiger charge is -2.13. The van der Waals surface area contributed by atoms with Gasteiger partial charge in [0.25, 0.3) is 0 Å². The monoisotopic (exact) mass is 247 g/mol. The molecule has 0 aliphatic rings. The van der Waals surface area contributed by atoms with E-state index in [1.807, 2.05) is 0 Å². The molecular weight excluding hydrogens is 226 g/mol. The molecule has 0 bridgehead atoms. The number of carboxylic acid groups (broad SMARTS) is 2. The molecule has 0 saturated heterocycles. The molecule has 0 heterocycles. The Kier molecular flexibility index (Phi) is 9.37. The smallest absolute Gasteiger partial charge is 0.323 e. The van der Waals surface area contributed by atoms with E-state index in [1.165, 1.54) is 0 Å². The van der Waals surface area contributed by atoms with Crippen LogP contribution in [0.2, 0.25) is 0 Å². The number of carbonyl (C=O) groups is 2. The zero-order chi connectivity index (χ0) is 13.1. The Labute approximate surface area is 101 Å². The summed E-state index contributed by atoms with van der Waals surface area (Å²) < 4.78 is 0. The maximum absolute atomic E-state index is 10.7. The molecule has 0 aliphatic heterocycles. The second-order valence-electron chi connectivity index (χ2n) is 3.85. The van der Waals surface area contributed by atoms with Crippen molar-refractivity contribution < 1.29 is 24.6 Å². The summed E-state index contributed by atoms with van der Waals surface area (Å²) in [5.74, 6) is -2.11. The van der Waals surface area contributed by atoms with Crippen LogP contribution in [0, 0.1) is 0 Å². The third kappa shape index (κ3) is 9.77. The van der Waals surface area contributed by atoms with Crippen molar-refractivity contribution in [1.82, 2.24) is 5.48 Å². The molecule has 1 atom stereocenters. The molecule has 6 nitrogen and oxygen atoms in total. The number of nitrogens with one attached hydrogen (secondary N) is 1. The molecule has 0 radical (unpaired) electrons. The predicted molar refractivity (Wildman–Crippen MR) is 61.5 cm³/mol. The zero-order valence-electron chi connectivity index (χ0n) is 10.1. The van der Waals surface area contributed by atoms with Crippen molar-refractivity contribution >= 4 is 11.9 Å². The van der Waals surface area contributed by atoms with E-state index in [9.17, 15) is 9.59 Å². The summed E-state index contributed by atoms with van der Waals surface area (Å²) in [5, 5.41) is 17.2. The van der Waals surface area contributed by atoms with Gasteiger partial charge in [0.05, 0.1) is 6.61 Å². The maximum atomic E-state index is 10.7. The van der Waals surface area contributed by atoms with E-state index in [0.29, 0.717) is 6.61 Å². The van der Waals surface area contributed by atoms with Crippen molar-refractivity contribution in [3.63, 3.8) is 0 Å². The van der Waals surface area contributed by atoms with E-state index in [2.05, 4.69) is 12.4 Å². The SMILES string of the molecule is CCCCCCONC(CCC(=O)O)C(=O)O. The van der Waals surface area contributed by atoms with Crippen LogP contribution in [0.25, 0.3) is 0 Å². The number of rotatable bonds is 11. The highest BCUT2D eigenvalue weighted by Crippen LogP contribution is 2.00. The van der Waals surface area contributed by atoms with Gasteiger partial charge in [0.2, 0.25) is 0 Å². The van der Waals surface area contributed by atoms with E-state index in [4.69, 9.17) is 15.1 Å². The molecule has 0 aromatic rings. The van der Waals surface area contributed by atoms with Crippen LogP contribution in [-0.4, -0.2) is 34.8 Å². The maximum Gasteiger partial charge on any atom is 0.323 e. The second-order valence-corrected chi connectivity index (χ2v) is 3.85. The second kappa shape index (κ2) is 10.0. The number of carboxylic acids is 2. The molecule has 6 heteroatoms. The van der Waals surface area contributed by atoms with Gasteiger partial charge in [-0.1, -0.05) is 26.2 Å². The highest BCUT2D eigenvalue weighted by Gasteiger charge is 2.18. The number of hydrogen-bond donors (Lipinski definition) is 3. The fourth-order valence-electron chi connectivity index (χ4n) is 1.26. The van der Waals surface area contributed by atoms with Gasteiger partial charge in [-0.05, 0) is 12.8 Å². The molecule has 0 aliphatic carbocycles.